The van der Waals surface area contributed by atoms with E-state index in [1.165, 1.54) is 6.07 Å². The van der Waals surface area contributed by atoms with Gasteiger partial charge in [0.1, 0.15) is 6.07 Å². The van der Waals surface area contributed by atoms with E-state index >= 15 is 0 Å². The number of nitriles is 1. The molecule has 0 aromatic heterocycles. The summed E-state index contributed by atoms with van der Waals surface area (Å²) in [7, 11) is 0. The van der Waals surface area contributed by atoms with Crippen LogP contribution in [0.1, 0.15) is 20.3 Å². The number of ether oxygens (including phenoxy) is 1. The lowest BCUT2D eigenvalue weighted by Crippen LogP contribution is -2.21. The molecular formula is C7H10N2O3. The van der Waals surface area contributed by atoms with Crippen LogP contribution in [0.3, 0.4) is 0 Å². The predicted octanol–water partition coefficient (Wildman–Crippen LogP) is 0.682. The molecule has 0 aliphatic heterocycles. The van der Waals surface area contributed by atoms with Crippen LogP contribution in [0.5, 0.6) is 0 Å². The fraction of sp³-hybridized carbons (Fsp3) is 0.571. The highest BCUT2D eigenvalue weighted by Crippen LogP contribution is 1.97. The van der Waals surface area contributed by atoms with Crippen molar-refractivity contribution in [1.82, 2.24) is 0 Å². The summed E-state index contributed by atoms with van der Waals surface area (Å²) < 4.78 is 4.69. The second-order valence-corrected chi connectivity index (χ2v) is 2.18. The summed E-state index contributed by atoms with van der Waals surface area (Å²) in [5.74, 6) is -0.894. The van der Waals surface area contributed by atoms with Crippen LogP contribution in [-0.2, 0) is 9.53 Å². The molecule has 0 aromatic carbocycles. The monoisotopic (exact) mass is 170 g/mol. The standard InChI is InChI=1S/C7H10N2O3/c1-3-5(2)12-7(10)6(4-8)9-11/h5,11H,3H2,1-2H3. The molecule has 0 rings (SSSR count). The van der Waals surface area contributed by atoms with Crippen LogP contribution in [0.15, 0.2) is 5.16 Å². The Kier molecular flexibility index (Phi) is 4.46. The van der Waals surface area contributed by atoms with Crippen molar-refractivity contribution < 1.29 is 14.7 Å². The van der Waals surface area contributed by atoms with Crippen molar-refractivity contribution in [2.45, 2.75) is 26.4 Å². The van der Waals surface area contributed by atoms with E-state index in [-0.39, 0.29) is 6.10 Å². The van der Waals surface area contributed by atoms with Crippen LogP contribution in [-0.4, -0.2) is 23.0 Å². The molecule has 0 amide bonds. The topological polar surface area (TPSA) is 82.7 Å². The summed E-state index contributed by atoms with van der Waals surface area (Å²) in [6, 6.07) is 1.41. The van der Waals surface area contributed by atoms with E-state index < -0.39 is 11.7 Å². The molecule has 0 heterocycles. The molecule has 12 heavy (non-hydrogen) atoms. The predicted molar refractivity (Wildman–Crippen MR) is 40.7 cm³/mol. The maximum absolute atomic E-state index is 10.8. The lowest BCUT2D eigenvalue weighted by atomic mass is 10.3. The maximum atomic E-state index is 10.8. The minimum Gasteiger partial charge on any atom is -0.457 e. The SMILES string of the molecule is CCC(C)OC(=O)C(C#N)=NO. The van der Waals surface area contributed by atoms with Gasteiger partial charge in [-0.05, 0) is 13.3 Å². The molecule has 0 spiro atoms. The van der Waals surface area contributed by atoms with E-state index in [4.69, 9.17) is 15.2 Å². The van der Waals surface area contributed by atoms with Crippen molar-refractivity contribution in [2.24, 2.45) is 5.16 Å². The summed E-state index contributed by atoms with van der Waals surface area (Å²) in [4.78, 5) is 10.8. The van der Waals surface area contributed by atoms with Crippen molar-refractivity contribution >= 4 is 11.7 Å². The maximum Gasteiger partial charge on any atom is 0.371 e. The molecule has 0 fully saturated rings. The average molecular weight is 170 g/mol. The Balaban J connectivity index is 4.15. The van der Waals surface area contributed by atoms with Gasteiger partial charge in [-0.15, -0.1) is 0 Å². The highest BCUT2D eigenvalue weighted by atomic mass is 16.5. The van der Waals surface area contributed by atoms with E-state index in [1.807, 2.05) is 6.92 Å². The van der Waals surface area contributed by atoms with Crippen molar-refractivity contribution in [3.05, 3.63) is 0 Å². The number of hydrogen-bond acceptors (Lipinski definition) is 5. The number of rotatable bonds is 3. The van der Waals surface area contributed by atoms with Gasteiger partial charge < -0.3 is 9.94 Å². The Labute approximate surface area is 70.2 Å². The molecule has 1 unspecified atom stereocenters. The second-order valence-electron chi connectivity index (χ2n) is 2.18. The fourth-order valence-electron chi connectivity index (χ4n) is 0.431. The third kappa shape index (κ3) is 3.01. The molecule has 0 saturated heterocycles. The van der Waals surface area contributed by atoms with Gasteiger partial charge in [0.2, 0.25) is 0 Å². The Morgan fingerprint density at radius 2 is 2.42 bits per heavy atom. The van der Waals surface area contributed by atoms with Crippen LogP contribution >= 0.6 is 0 Å². The van der Waals surface area contributed by atoms with Crippen LogP contribution in [0.2, 0.25) is 0 Å². The number of oxime groups is 1. The largest absolute Gasteiger partial charge is 0.457 e. The van der Waals surface area contributed by atoms with Crippen molar-refractivity contribution in [2.75, 3.05) is 0 Å². The lowest BCUT2D eigenvalue weighted by Gasteiger charge is -2.08. The second kappa shape index (κ2) is 5.13. The molecule has 5 heteroatoms. The van der Waals surface area contributed by atoms with Crippen molar-refractivity contribution in [3.63, 3.8) is 0 Å². The van der Waals surface area contributed by atoms with Gasteiger partial charge in [0.15, 0.2) is 0 Å². The van der Waals surface area contributed by atoms with Gasteiger partial charge in [-0.2, -0.15) is 5.26 Å². The molecular weight excluding hydrogens is 160 g/mol. The zero-order valence-electron chi connectivity index (χ0n) is 6.94. The molecule has 0 aliphatic carbocycles. The third-order valence-corrected chi connectivity index (χ3v) is 1.28. The quantitative estimate of drug-likeness (QED) is 0.292. The first-order valence-corrected chi connectivity index (χ1v) is 3.48. The normalized spacial score (nSPS) is 13.2. The van der Waals surface area contributed by atoms with E-state index in [0.29, 0.717) is 6.42 Å². The summed E-state index contributed by atoms with van der Waals surface area (Å²) in [5.41, 5.74) is -0.629. The Morgan fingerprint density at radius 1 is 1.83 bits per heavy atom. The molecule has 0 radical (unpaired) electrons. The van der Waals surface area contributed by atoms with Crippen LogP contribution in [0.25, 0.3) is 0 Å². The first-order chi connectivity index (χ1) is 5.65. The van der Waals surface area contributed by atoms with Crippen molar-refractivity contribution in [1.29, 1.82) is 5.26 Å². The molecule has 0 aromatic rings. The summed E-state index contributed by atoms with van der Waals surface area (Å²) >= 11 is 0. The average Bonchev–Trinajstić information content (AvgIpc) is 2.06. The zero-order chi connectivity index (χ0) is 9.56. The van der Waals surface area contributed by atoms with Gasteiger partial charge in [0, 0.05) is 0 Å². The first-order valence-electron chi connectivity index (χ1n) is 3.48. The van der Waals surface area contributed by atoms with Crippen LogP contribution < -0.4 is 0 Å². The van der Waals surface area contributed by atoms with E-state index in [9.17, 15) is 4.79 Å². The smallest absolute Gasteiger partial charge is 0.371 e. The summed E-state index contributed by atoms with van der Waals surface area (Å²) in [6.07, 6.45) is 0.373. The third-order valence-electron chi connectivity index (χ3n) is 1.28. The number of esters is 1. The minimum absolute atomic E-state index is 0.275. The molecule has 0 bridgehead atoms. The number of carbonyl (C=O) groups excluding carboxylic acids is 1. The van der Waals surface area contributed by atoms with Gasteiger partial charge in [-0.25, -0.2) is 4.79 Å². The fourth-order valence-corrected chi connectivity index (χ4v) is 0.431. The molecule has 0 aliphatic rings. The van der Waals surface area contributed by atoms with Gasteiger partial charge in [0.05, 0.1) is 6.10 Å². The van der Waals surface area contributed by atoms with Gasteiger partial charge in [0.25, 0.3) is 5.71 Å². The lowest BCUT2D eigenvalue weighted by molar-refractivity contribution is -0.139. The minimum atomic E-state index is -0.894. The number of carbonyl (C=O) groups is 1. The summed E-state index contributed by atoms with van der Waals surface area (Å²) in [6.45, 7) is 3.52. The zero-order valence-corrected chi connectivity index (χ0v) is 6.94. The highest BCUT2D eigenvalue weighted by Gasteiger charge is 2.15. The highest BCUT2D eigenvalue weighted by molar-refractivity contribution is 6.42. The number of hydrogen-bond donors (Lipinski definition) is 1. The Hall–Kier alpha value is -1.57. The van der Waals surface area contributed by atoms with E-state index in [0.717, 1.165) is 0 Å². The molecule has 5 nitrogen and oxygen atoms in total. The van der Waals surface area contributed by atoms with Gasteiger partial charge >= 0.3 is 5.97 Å². The van der Waals surface area contributed by atoms with E-state index in [1.54, 1.807) is 6.92 Å². The number of nitrogens with zero attached hydrogens (tertiary/aromatic N) is 2. The molecule has 1 N–H and O–H groups in total. The van der Waals surface area contributed by atoms with Gasteiger partial charge in [-0.3, -0.25) is 0 Å². The Morgan fingerprint density at radius 3 is 2.75 bits per heavy atom. The molecule has 0 saturated carbocycles. The van der Waals surface area contributed by atoms with E-state index in [2.05, 4.69) is 5.16 Å². The van der Waals surface area contributed by atoms with Crippen LogP contribution in [0, 0.1) is 11.3 Å². The Bertz CT molecular complexity index is 229. The molecule has 66 valence electrons. The first kappa shape index (κ1) is 10.4. The summed E-state index contributed by atoms with van der Waals surface area (Å²) in [5, 5.41) is 18.9. The van der Waals surface area contributed by atoms with Crippen molar-refractivity contribution in [3.8, 4) is 6.07 Å². The van der Waals surface area contributed by atoms with Crippen LogP contribution in [0.4, 0.5) is 0 Å². The van der Waals surface area contributed by atoms with Gasteiger partial charge in [-0.1, -0.05) is 12.1 Å². The molecule has 1 atom stereocenters.